The summed E-state index contributed by atoms with van der Waals surface area (Å²) in [6.07, 6.45) is 3.24. The van der Waals surface area contributed by atoms with Gasteiger partial charge in [-0.1, -0.05) is 19.1 Å². The van der Waals surface area contributed by atoms with Crippen molar-refractivity contribution in [3.8, 4) is 0 Å². The maximum Gasteiger partial charge on any atom is 0.326 e. The molecule has 0 unspecified atom stereocenters. The van der Waals surface area contributed by atoms with Crippen LogP contribution in [0.15, 0.2) is 24.3 Å². The first-order valence-electron chi connectivity index (χ1n) is 6.20. The zero-order valence-corrected chi connectivity index (χ0v) is 12.0. The third-order valence-corrected chi connectivity index (χ3v) is 3.48. The molecule has 19 heavy (non-hydrogen) atoms. The van der Waals surface area contributed by atoms with E-state index >= 15 is 0 Å². The molecule has 0 spiro atoms. The van der Waals surface area contributed by atoms with Gasteiger partial charge in [0.15, 0.2) is 0 Å². The van der Waals surface area contributed by atoms with Gasteiger partial charge in [-0.15, -0.1) is 0 Å². The van der Waals surface area contributed by atoms with Crippen molar-refractivity contribution in [2.24, 2.45) is 0 Å². The Labute approximate surface area is 117 Å². The molecule has 0 aromatic heterocycles. The molecule has 0 aliphatic rings. The molecule has 0 fully saturated rings. The van der Waals surface area contributed by atoms with Gasteiger partial charge in [0.1, 0.15) is 6.04 Å². The van der Waals surface area contributed by atoms with E-state index in [2.05, 4.69) is 5.32 Å². The van der Waals surface area contributed by atoms with Crippen LogP contribution in [0, 0.1) is 0 Å². The Morgan fingerprint density at radius 2 is 1.95 bits per heavy atom. The Bertz CT molecular complexity index is 431. The maximum atomic E-state index is 11.9. The summed E-state index contributed by atoms with van der Waals surface area (Å²) in [7, 11) is 0. The fourth-order valence-corrected chi connectivity index (χ4v) is 2.10. The number of aryl methyl sites for hydroxylation is 1. The van der Waals surface area contributed by atoms with Crippen molar-refractivity contribution in [2.45, 2.75) is 25.8 Å². The second-order valence-corrected chi connectivity index (χ2v) is 5.18. The minimum absolute atomic E-state index is 0.337. The highest BCUT2D eigenvalue weighted by atomic mass is 32.2. The van der Waals surface area contributed by atoms with Crippen molar-refractivity contribution in [1.29, 1.82) is 0 Å². The molecule has 0 bridgehead atoms. The Balaban J connectivity index is 2.67. The number of hydrogen-bond acceptors (Lipinski definition) is 3. The molecule has 0 aliphatic heterocycles. The second-order valence-electron chi connectivity index (χ2n) is 4.20. The summed E-state index contributed by atoms with van der Waals surface area (Å²) in [6, 6.07) is 6.38. The highest BCUT2D eigenvalue weighted by Crippen LogP contribution is 2.07. The van der Waals surface area contributed by atoms with E-state index in [0.29, 0.717) is 17.7 Å². The zero-order chi connectivity index (χ0) is 14.3. The van der Waals surface area contributed by atoms with E-state index in [-0.39, 0.29) is 5.91 Å². The van der Waals surface area contributed by atoms with E-state index in [0.717, 1.165) is 12.0 Å². The molecule has 2 N–H and O–H groups in total. The molecule has 5 heteroatoms. The van der Waals surface area contributed by atoms with Crippen LogP contribution < -0.4 is 5.32 Å². The molecule has 1 aromatic rings. The summed E-state index contributed by atoms with van der Waals surface area (Å²) in [5.41, 5.74) is 1.64. The third-order valence-electron chi connectivity index (χ3n) is 2.84. The molecule has 0 radical (unpaired) electrons. The summed E-state index contributed by atoms with van der Waals surface area (Å²) in [5, 5.41) is 11.6. The number of carbonyl (C=O) groups is 2. The minimum Gasteiger partial charge on any atom is -0.480 e. The van der Waals surface area contributed by atoms with Crippen molar-refractivity contribution in [3.05, 3.63) is 35.4 Å². The fraction of sp³-hybridized carbons (Fsp3) is 0.429. The van der Waals surface area contributed by atoms with Gasteiger partial charge in [0.25, 0.3) is 5.91 Å². The van der Waals surface area contributed by atoms with E-state index in [1.54, 1.807) is 23.9 Å². The smallest absolute Gasteiger partial charge is 0.326 e. The van der Waals surface area contributed by atoms with E-state index in [1.165, 1.54) is 0 Å². The quantitative estimate of drug-likeness (QED) is 0.804. The molecule has 0 saturated heterocycles. The highest BCUT2D eigenvalue weighted by molar-refractivity contribution is 7.98. The summed E-state index contributed by atoms with van der Waals surface area (Å²) >= 11 is 1.56. The lowest BCUT2D eigenvalue weighted by Gasteiger charge is -2.14. The Kier molecular flexibility index (Phi) is 6.42. The summed E-state index contributed by atoms with van der Waals surface area (Å²) < 4.78 is 0. The summed E-state index contributed by atoms with van der Waals surface area (Å²) in [5.74, 6) is -0.629. The second kappa shape index (κ2) is 7.84. The van der Waals surface area contributed by atoms with Crippen LogP contribution in [-0.4, -0.2) is 35.0 Å². The average molecular weight is 281 g/mol. The highest BCUT2D eigenvalue weighted by Gasteiger charge is 2.19. The normalized spacial score (nSPS) is 11.9. The monoisotopic (exact) mass is 281 g/mol. The van der Waals surface area contributed by atoms with E-state index in [9.17, 15) is 9.59 Å². The van der Waals surface area contributed by atoms with Crippen LogP contribution in [0.25, 0.3) is 0 Å². The van der Waals surface area contributed by atoms with Gasteiger partial charge in [-0.05, 0) is 42.5 Å². The summed E-state index contributed by atoms with van der Waals surface area (Å²) in [6.45, 7) is 2.04. The van der Waals surface area contributed by atoms with Gasteiger partial charge in [-0.3, -0.25) is 4.79 Å². The van der Waals surface area contributed by atoms with Crippen LogP contribution >= 0.6 is 11.8 Å². The standard InChI is InChI=1S/C14H19NO3S/c1-3-10-4-6-11(7-5-10)13(16)15-12(14(17)18)8-9-19-2/h4-7,12H,3,8-9H2,1-2H3,(H,15,16)(H,17,18)/t12-/m1/s1. The molecule has 104 valence electrons. The number of thioether (sulfide) groups is 1. The van der Waals surface area contributed by atoms with Gasteiger partial charge in [0, 0.05) is 5.56 Å². The lowest BCUT2D eigenvalue weighted by molar-refractivity contribution is -0.139. The first-order chi connectivity index (χ1) is 9.08. The fourth-order valence-electron chi connectivity index (χ4n) is 1.63. The topological polar surface area (TPSA) is 66.4 Å². The Morgan fingerprint density at radius 3 is 2.42 bits per heavy atom. The lowest BCUT2D eigenvalue weighted by atomic mass is 10.1. The number of amides is 1. The molecule has 0 heterocycles. The van der Waals surface area contributed by atoms with Crippen LogP contribution in [-0.2, 0) is 11.2 Å². The molecule has 1 atom stereocenters. The lowest BCUT2D eigenvalue weighted by Crippen LogP contribution is -2.41. The number of hydrogen-bond donors (Lipinski definition) is 2. The van der Waals surface area contributed by atoms with Crippen molar-refractivity contribution in [3.63, 3.8) is 0 Å². The number of carbonyl (C=O) groups excluding carboxylic acids is 1. The minimum atomic E-state index is -0.993. The molecular weight excluding hydrogens is 262 g/mol. The van der Waals surface area contributed by atoms with E-state index in [4.69, 9.17) is 5.11 Å². The van der Waals surface area contributed by atoms with Gasteiger partial charge in [-0.25, -0.2) is 4.79 Å². The molecule has 0 aliphatic carbocycles. The first-order valence-corrected chi connectivity index (χ1v) is 7.59. The molecule has 1 rings (SSSR count). The Morgan fingerprint density at radius 1 is 1.32 bits per heavy atom. The van der Waals surface area contributed by atoms with Crippen LogP contribution in [0.3, 0.4) is 0 Å². The van der Waals surface area contributed by atoms with Crippen LogP contribution in [0.2, 0.25) is 0 Å². The maximum absolute atomic E-state index is 11.9. The largest absolute Gasteiger partial charge is 0.480 e. The van der Waals surface area contributed by atoms with Crippen LogP contribution in [0.1, 0.15) is 29.3 Å². The van der Waals surface area contributed by atoms with Gasteiger partial charge in [-0.2, -0.15) is 11.8 Å². The SMILES string of the molecule is CCc1ccc(C(=O)N[C@H](CCSC)C(=O)O)cc1. The van der Waals surface area contributed by atoms with E-state index in [1.807, 2.05) is 25.3 Å². The number of nitrogens with one attached hydrogen (secondary N) is 1. The number of rotatable bonds is 7. The number of aliphatic carboxylic acids is 1. The van der Waals surface area contributed by atoms with Crippen LogP contribution in [0.4, 0.5) is 0 Å². The molecule has 0 saturated carbocycles. The predicted octanol–water partition coefficient (Wildman–Crippen LogP) is 2.19. The first kappa shape index (κ1) is 15.6. The van der Waals surface area contributed by atoms with Crippen LogP contribution in [0.5, 0.6) is 0 Å². The predicted molar refractivity (Wildman–Crippen MR) is 77.7 cm³/mol. The molecule has 1 aromatic carbocycles. The number of carboxylic acid groups (broad SMARTS) is 1. The third kappa shape index (κ3) is 4.95. The summed E-state index contributed by atoms with van der Waals surface area (Å²) in [4.78, 5) is 23.0. The Hall–Kier alpha value is -1.49. The molecule has 1 amide bonds. The number of benzene rings is 1. The van der Waals surface area contributed by atoms with Gasteiger partial charge in [0.05, 0.1) is 0 Å². The van der Waals surface area contributed by atoms with Crippen molar-refractivity contribution in [1.82, 2.24) is 5.32 Å². The van der Waals surface area contributed by atoms with Gasteiger partial charge >= 0.3 is 5.97 Å². The number of carboxylic acids is 1. The van der Waals surface area contributed by atoms with Crippen molar-refractivity contribution < 1.29 is 14.7 Å². The van der Waals surface area contributed by atoms with Gasteiger partial charge in [0.2, 0.25) is 0 Å². The zero-order valence-electron chi connectivity index (χ0n) is 11.2. The van der Waals surface area contributed by atoms with E-state index < -0.39 is 12.0 Å². The van der Waals surface area contributed by atoms with Crippen molar-refractivity contribution >= 4 is 23.6 Å². The molecule has 4 nitrogen and oxygen atoms in total. The van der Waals surface area contributed by atoms with Gasteiger partial charge < -0.3 is 10.4 Å². The van der Waals surface area contributed by atoms with Crippen molar-refractivity contribution in [2.75, 3.05) is 12.0 Å². The molecular formula is C14H19NO3S. The average Bonchev–Trinajstić information content (AvgIpc) is 2.43.